The van der Waals surface area contributed by atoms with E-state index in [1.54, 1.807) is 0 Å². The van der Waals surface area contributed by atoms with Crippen LogP contribution in [0.5, 0.6) is 0 Å². The predicted octanol–water partition coefficient (Wildman–Crippen LogP) is 3.63. The molecule has 0 bridgehead atoms. The van der Waals surface area contributed by atoms with Gasteiger partial charge in [0.05, 0.1) is 6.54 Å². The largest absolute Gasteiger partial charge is 0.322 e. The lowest BCUT2D eigenvalue weighted by molar-refractivity contribution is -0.118. The third kappa shape index (κ3) is 7.42. The Labute approximate surface area is 130 Å². The number of nitrogens with zero attached hydrogens (tertiary/aromatic N) is 1. The lowest BCUT2D eigenvalue weighted by Crippen LogP contribution is -2.38. The number of unbranched alkanes of at least 4 members (excludes halogenated alkanes) is 1. The highest BCUT2D eigenvalue weighted by molar-refractivity contribution is 6.00. The normalized spacial score (nSPS) is 15.7. The molecular weight excluding hydrogens is 262 g/mol. The molecule has 2 atom stereocenters. The Bertz CT molecular complexity index is 361. The van der Waals surface area contributed by atoms with E-state index in [1.807, 2.05) is 6.92 Å². The molecule has 0 saturated heterocycles. The highest BCUT2D eigenvalue weighted by Crippen LogP contribution is 2.23. The first kappa shape index (κ1) is 19.8. The lowest BCUT2D eigenvalue weighted by atomic mass is 9.95. The third-order valence-corrected chi connectivity index (χ3v) is 3.89. The van der Waals surface area contributed by atoms with Crippen molar-refractivity contribution in [2.24, 2.45) is 22.6 Å². The number of amidine groups is 1. The fraction of sp³-hybridized carbons (Fsp3) is 0.765. The standard InChI is InChI=1S/C17H33N3O/c1-6-10-11-14(8-3)15(9-4)19-17(13(5)7-2)20-16(21)12-18/h9,13-14H,6-8,10-12,18H2,1-5H3,(H,19,20,21)/b15-9-. The molecule has 0 aromatic rings. The lowest BCUT2D eigenvalue weighted by Gasteiger charge is -2.19. The Morgan fingerprint density at radius 2 is 1.95 bits per heavy atom. The summed E-state index contributed by atoms with van der Waals surface area (Å²) < 4.78 is 0. The van der Waals surface area contributed by atoms with Crippen molar-refractivity contribution in [2.45, 2.75) is 66.7 Å². The van der Waals surface area contributed by atoms with Crippen LogP contribution in [0.15, 0.2) is 16.8 Å². The van der Waals surface area contributed by atoms with Gasteiger partial charge in [0.2, 0.25) is 5.91 Å². The zero-order valence-corrected chi connectivity index (χ0v) is 14.4. The molecule has 0 rings (SSSR count). The average Bonchev–Trinajstić information content (AvgIpc) is 2.51. The summed E-state index contributed by atoms with van der Waals surface area (Å²) in [5, 5.41) is 2.86. The van der Waals surface area contributed by atoms with E-state index in [1.165, 1.54) is 12.8 Å². The summed E-state index contributed by atoms with van der Waals surface area (Å²) in [5.41, 5.74) is 6.48. The van der Waals surface area contributed by atoms with Crippen LogP contribution in [0.2, 0.25) is 0 Å². The molecule has 0 fully saturated rings. The Morgan fingerprint density at radius 1 is 1.29 bits per heavy atom. The minimum absolute atomic E-state index is 0.00628. The highest BCUT2D eigenvalue weighted by Gasteiger charge is 2.16. The van der Waals surface area contributed by atoms with E-state index in [9.17, 15) is 4.79 Å². The molecule has 4 heteroatoms. The second-order valence-electron chi connectivity index (χ2n) is 5.52. The first-order valence-corrected chi connectivity index (χ1v) is 8.28. The molecule has 0 aliphatic rings. The minimum atomic E-state index is -0.175. The van der Waals surface area contributed by atoms with Crippen LogP contribution in [-0.4, -0.2) is 18.3 Å². The molecule has 1 amide bonds. The first-order chi connectivity index (χ1) is 10.0. The molecule has 4 nitrogen and oxygen atoms in total. The van der Waals surface area contributed by atoms with Gasteiger partial charge < -0.3 is 11.1 Å². The van der Waals surface area contributed by atoms with Crippen molar-refractivity contribution in [3.63, 3.8) is 0 Å². The monoisotopic (exact) mass is 295 g/mol. The molecule has 0 spiro atoms. The van der Waals surface area contributed by atoms with Gasteiger partial charge in [-0.25, -0.2) is 4.99 Å². The summed E-state index contributed by atoms with van der Waals surface area (Å²) >= 11 is 0. The van der Waals surface area contributed by atoms with E-state index >= 15 is 0 Å². The number of rotatable bonds is 9. The number of nitrogens with two attached hydrogens (primary N) is 1. The van der Waals surface area contributed by atoms with E-state index in [0.29, 0.717) is 5.92 Å². The van der Waals surface area contributed by atoms with E-state index in [4.69, 9.17) is 10.7 Å². The van der Waals surface area contributed by atoms with Gasteiger partial charge in [-0.2, -0.15) is 0 Å². The van der Waals surface area contributed by atoms with Crippen molar-refractivity contribution >= 4 is 11.7 Å². The molecule has 0 aromatic carbocycles. The Morgan fingerprint density at radius 3 is 2.38 bits per heavy atom. The van der Waals surface area contributed by atoms with Gasteiger partial charge in [-0.1, -0.05) is 46.6 Å². The summed E-state index contributed by atoms with van der Waals surface area (Å²) in [6.45, 7) is 10.6. The molecule has 2 unspecified atom stereocenters. The van der Waals surface area contributed by atoms with E-state index in [0.717, 1.165) is 30.8 Å². The van der Waals surface area contributed by atoms with Gasteiger partial charge in [0.25, 0.3) is 0 Å². The molecule has 0 saturated carbocycles. The molecule has 0 aliphatic heterocycles. The molecule has 0 heterocycles. The van der Waals surface area contributed by atoms with Crippen molar-refractivity contribution in [3.05, 3.63) is 11.8 Å². The summed E-state index contributed by atoms with van der Waals surface area (Å²) in [6.07, 6.45) is 7.63. The highest BCUT2D eigenvalue weighted by atomic mass is 16.1. The maximum Gasteiger partial charge on any atom is 0.239 e. The van der Waals surface area contributed by atoms with Crippen molar-refractivity contribution in [2.75, 3.05) is 6.54 Å². The number of allylic oxidation sites excluding steroid dienone is 2. The van der Waals surface area contributed by atoms with Crippen molar-refractivity contribution < 1.29 is 4.79 Å². The quantitative estimate of drug-likeness (QED) is 0.504. The zero-order valence-electron chi connectivity index (χ0n) is 14.4. The maximum absolute atomic E-state index is 11.6. The van der Waals surface area contributed by atoms with Crippen LogP contribution < -0.4 is 11.1 Å². The van der Waals surface area contributed by atoms with Crippen molar-refractivity contribution in [1.82, 2.24) is 5.32 Å². The van der Waals surface area contributed by atoms with Crippen LogP contribution in [0.25, 0.3) is 0 Å². The number of carbonyl (C=O) groups is 1. The Hall–Kier alpha value is -1.16. The number of nitrogens with one attached hydrogen (secondary N) is 1. The van der Waals surface area contributed by atoms with Crippen LogP contribution in [0.1, 0.15) is 66.7 Å². The molecule has 0 aromatic heterocycles. The van der Waals surface area contributed by atoms with Crippen molar-refractivity contribution in [1.29, 1.82) is 0 Å². The Kier molecular flexibility index (Phi) is 10.9. The van der Waals surface area contributed by atoms with Crippen molar-refractivity contribution in [3.8, 4) is 0 Å². The first-order valence-electron chi connectivity index (χ1n) is 8.28. The van der Waals surface area contributed by atoms with Gasteiger partial charge in [0.15, 0.2) is 0 Å². The number of carbonyl (C=O) groups excluding carboxylic acids is 1. The fourth-order valence-corrected chi connectivity index (χ4v) is 2.19. The van der Waals surface area contributed by atoms with Crippen LogP contribution in [0.4, 0.5) is 0 Å². The predicted molar refractivity (Wildman–Crippen MR) is 91.2 cm³/mol. The molecule has 122 valence electrons. The molecule has 0 radical (unpaired) electrons. The number of amides is 1. The summed E-state index contributed by atoms with van der Waals surface area (Å²) in [5.74, 6) is 1.25. The summed E-state index contributed by atoms with van der Waals surface area (Å²) in [7, 11) is 0. The van der Waals surface area contributed by atoms with E-state index in [-0.39, 0.29) is 18.4 Å². The van der Waals surface area contributed by atoms with Crippen LogP contribution in [0, 0.1) is 11.8 Å². The summed E-state index contributed by atoms with van der Waals surface area (Å²) in [6, 6.07) is 0. The molecule has 0 aliphatic carbocycles. The van der Waals surface area contributed by atoms with Gasteiger partial charge in [-0.05, 0) is 26.2 Å². The molecule has 21 heavy (non-hydrogen) atoms. The van der Waals surface area contributed by atoms with Crippen LogP contribution in [-0.2, 0) is 4.79 Å². The van der Waals surface area contributed by atoms with Crippen LogP contribution in [0.3, 0.4) is 0 Å². The Balaban J connectivity index is 5.21. The smallest absolute Gasteiger partial charge is 0.239 e. The number of hydrogen-bond donors (Lipinski definition) is 2. The second kappa shape index (κ2) is 11.5. The van der Waals surface area contributed by atoms with Gasteiger partial charge >= 0.3 is 0 Å². The second-order valence-corrected chi connectivity index (χ2v) is 5.52. The van der Waals surface area contributed by atoms with Gasteiger partial charge in [-0.3, -0.25) is 4.79 Å². The minimum Gasteiger partial charge on any atom is -0.322 e. The van der Waals surface area contributed by atoms with Gasteiger partial charge in [0, 0.05) is 17.5 Å². The van der Waals surface area contributed by atoms with Crippen LogP contribution >= 0.6 is 0 Å². The zero-order chi connectivity index (χ0) is 16.3. The van der Waals surface area contributed by atoms with E-state index < -0.39 is 0 Å². The molecule has 3 N–H and O–H groups in total. The SMILES string of the molecule is C/C=C(\N=C(NC(=O)CN)C(C)CC)C(CC)CCCC. The number of aliphatic imine (C=N–C) groups is 1. The fourth-order valence-electron chi connectivity index (χ4n) is 2.19. The third-order valence-electron chi connectivity index (χ3n) is 3.89. The average molecular weight is 295 g/mol. The van der Waals surface area contributed by atoms with E-state index in [2.05, 4.69) is 39.1 Å². The van der Waals surface area contributed by atoms with Gasteiger partial charge in [-0.15, -0.1) is 0 Å². The summed E-state index contributed by atoms with van der Waals surface area (Å²) in [4.78, 5) is 16.4. The number of hydrogen-bond acceptors (Lipinski definition) is 3. The van der Waals surface area contributed by atoms with Gasteiger partial charge in [0.1, 0.15) is 5.84 Å². The molecular formula is C17H33N3O. The topological polar surface area (TPSA) is 67.5 Å². The maximum atomic E-state index is 11.6.